The van der Waals surface area contributed by atoms with Gasteiger partial charge in [-0.15, -0.1) is 0 Å². The van der Waals surface area contributed by atoms with Crippen molar-refractivity contribution in [3.8, 4) is 0 Å². The molecule has 0 aliphatic heterocycles. The fraction of sp³-hybridized carbons (Fsp3) is 0.767. The van der Waals surface area contributed by atoms with Gasteiger partial charge in [0.25, 0.3) is 0 Å². The van der Waals surface area contributed by atoms with Gasteiger partial charge in [-0.25, -0.2) is 9.78 Å². The number of nitrogens with zero attached hydrogens (tertiary/aromatic N) is 2. The molecule has 0 amide bonds. The van der Waals surface area contributed by atoms with Crippen LogP contribution in [0.5, 0.6) is 0 Å². The van der Waals surface area contributed by atoms with Gasteiger partial charge in [-0.3, -0.25) is 0 Å². The number of pyridine rings is 1. The summed E-state index contributed by atoms with van der Waals surface area (Å²) < 4.78 is 5.53. The first kappa shape index (κ1) is 24.5. The number of aromatic nitrogens is 2. The molecule has 4 saturated carbocycles. The summed E-state index contributed by atoms with van der Waals surface area (Å²) in [5.74, 6) is 3.60. The van der Waals surface area contributed by atoms with Crippen LogP contribution in [-0.2, 0) is 6.42 Å². The van der Waals surface area contributed by atoms with Crippen LogP contribution in [0.4, 0.5) is 0 Å². The summed E-state index contributed by atoms with van der Waals surface area (Å²) in [7, 11) is 0. The summed E-state index contributed by atoms with van der Waals surface area (Å²) in [5, 5.41) is 22.2. The van der Waals surface area contributed by atoms with Crippen molar-refractivity contribution in [3.05, 3.63) is 34.6 Å². The molecule has 4 aliphatic rings. The first-order chi connectivity index (χ1) is 17.2. The molecule has 4 fully saturated rings. The topological polar surface area (TPSA) is 96.5 Å². The Labute approximate surface area is 213 Å². The van der Waals surface area contributed by atoms with Crippen molar-refractivity contribution in [2.75, 3.05) is 0 Å². The predicted octanol–water partition coefficient (Wildman–Crippen LogP) is 5.14. The van der Waals surface area contributed by atoms with Gasteiger partial charge in [-0.2, -0.15) is 4.98 Å². The van der Waals surface area contributed by atoms with Crippen molar-refractivity contribution in [2.24, 2.45) is 46.3 Å². The summed E-state index contributed by atoms with van der Waals surface area (Å²) >= 11 is 0. The fourth-order valence-electron chi connectivity index (χ4n) is 9.78. The minimum Gasteiger partial charge on any atom is -0.408 e. The molecule has 36 heavy (non-hydrogen) atoms. The Bertz CT molecular complexity index is 1180. The van der Waals surface area contributed by atoms with Gasteiger partial charge in [-0.05, 0) is 116 Å². The van der Waals surface area contributed by atoms with Gasteiger partial charge < -0.3 is 14.6 Å². The zero-order valence-electron chi connectivity index (χ0n) is 22.0. The largest absolute Gasteiger partial charge is 0.408 e. The SMILES string of the molecule is C[C@H](CCc1nc2ncccc2c(=O)o1)[C@H]1CC[C@H]2[C@H]3C(CC[C@]12C)[C@@]1(C)CC[C@@H](O)C[C@H]1C[C@@H]3O. The van der Waals surface area contributed by atoms with Gasteiger partial charge in [-0.1, -0.05) is 20.8 Å². The maximum atomic E-state index is 12.4. The number of aliphatic hydroxyl groups is 2. The van der Waals surface area contributed by atoms with Gasteiger partial charge in [0.15, 0.2) is 5.65 Å². The highest BCUT2D eigenvalue weighted by Crippen LogP contribution is 2.68. The molecule has 0 aromatic carbocycles. The second-order valence-electron chi connectivity index (χ2n) is 13.2. The molecular formula is C30H42N2O4. The van der Waals surface area contributed by atoms with Gasteiger partial charge in [0.1, 0.15) is 5.39 Å². The Morgan fingerprint density at radius 3 is 2.69 bits per heavy atom. The maximum absolute atomic E-state index is 12.4. The fourth-order valence-corrected chi connectivity index (χ4v) is 9.78. The summed E-state index contributed by atoms with van der Waals surface area (Å²) in [6, 6.07) is 3.44. The first-order valence-corrected chi connectivity index (χ1v) is 14.3. The van der Waals surface area contributed by atoms with E-state index in [0.717, 1.165) is 32.1 Å². The molecule has 0 radical (unpaired) electrons. The second-order valence-corrected chi connectivity index (χ2v) is 13.2. The lowest BCUT2D eigenvalue weighted by Gasteiger charge is -2.62. The number of aliphatic hydroxyl groups excluding tert-OH is 2. The molecule has 1 unspecified atom stereocenters. The van der Waals surface area contributed by atoms with E-state index in [0.29, 0.717) is 58.9 Å². The van der Waals surface area contributed by atoms with E-state index < -0.39 is 0 Å². The van der Waals surface area contributed by atoms with Crippen molar-refractivity contribution in [1.29, 1.82) is 0 Å². The lowest BCUT2D eigenvalue weighted by Crippen LogP contribution is -2.58. The molecule has 4 aliphatic carbocycles. The van der Waals surface area contributed by atoms with Crippen LogP contribution < -0.4 is 5.63 Å². The van der Waals surface area contributed by atoms with E-state index in [9.17, 15) is 15.0 Å². The predicted molar refractivity (Wildman–Crippen MR) is 138 cm³/mol. The monoisotopic (exact) mass is 494 g/mol. The third-order valence-electron chi connectivity index (χ3n) is 11.7. The molecule has 0 bridgehead atoms. The van der Waals surface area contributed by atoms with Crippen LogP contribution in [0, 0.1) is 46.3 Å². The van der Waals surface area contributed by atoms with Crippen LogP contribution >= 0.6 is 0 Å². The van der Waals surface area contributed by atoms with E-state index >= 15 is 0 Å². The molecule has 0 spiro atoms. The number of hydrogen-bond donors (Lipinski definition) is 2. The first-order valence-electron chi connectivity index (χ1n) is 14.3. The Balaban J connectivity index is 1.18. The van der Waals surface area contributed by atoms with Crippen LogP contribution in [0.3, 0.4) is 0 Å². The maximum Gasteiger partial charge on any atom is 0.348 e. The van der Waals surface area contributed by atoms with Gasteiger partial charge in [0.2, 0.25) is 5.89 Å². The Morgan fingerprint density at radius 2 is 1.86 bits per heavy atom. The van der Waals surface area contributed by atoms with Crippen LogP contribution in [0.2, 0.25) is 0 Å². The van der Waals surface area contributed by atoms with E-state index in [2.05, 4.69) is 30.7 Å². The van der Waals surface area contributed by atoms with Crippen LogP contribution in [-0.4, -0.2) is 32.4 Å². The van der Waals surface area contributed by atoms with E-state index in [1.807, 2.05) is 0 Å². The average molecular weight is 495 g/mol. The molecule has 0 saturated heterocycles. The Kier molecular flexibility index (Phi) is 6.07. The van der Waals surface area contributed by atoms with Crippen LogP contribution in [0.15, 0.2) is 27.5 Å². The van der Waals surface area contributed by atoms with Crippen molar-refractivity contribution in [2.45, 2.75) is 97.2 Å². The number of fused-ring (bicyclic) bond motifs is 6. The molecule has 2 aromatic heterocycles. The highest BCUT2D eigenvalue weighted by Gasteiger charge is 2.62. The number of hydrogen-bond acceptors (Lipinski definition) is 6. The van der Waals surface area contributed by atoms with Gasteiger partial charge in [0, 0.05) is 12.6 Å². The minimum atomic E-state index is -0.352. The summed E-state index contributed by atoms with van der Waals surface area (Å²) in [4.78, 5) is 21.1. The van der Waals surface area contributed by atoms with Crippen molar-refractivity contribution < 1.29 is 14.6 Å². The van der Waals surface area contributed by atoms with Crippen molar-refractivity contribution >= 4 is 11.0 Å². The quantitative estimate of drug-likeness (QED) is 0.611. The number of aryl methyl sites for hydroxylation is 1. The molecule has 2 aromatic rings. The van der Waals surface area contributed by atoms with E-state index in [1.54, 1.807) is 18.3 Å². The zero-order chi connectivity index (χ0) is 25.2. The number of rotatable bonds is 4. The molecule has 2 N–H and O–H groups in total. The summed E-state index contributed by atoms with van der Waals surface area (Å²) in [6.07, 6.45) is 11.4. The second kappa shape index (κ2) is 8.90. The average Bonchev–Trinajstić information content (AvgIpc) is 3.21. The Hall–Kier alpha value is -1.79. The zero-order valence-corrected chi connectivity index (χ0v) is 22.0. The van der Waals surface area contributed by atoms with Gasteiger partial charge >= 0.3 is 5.63 Å². The van der Waals surface area contributed by atoms with E-state index in [4.69, 9.17) is 4.42 Å². The normalized spacial score (nSPS) is 43.0. The Morgan fingerprint density at radius 1 is 1.08 bits per heavy atom. The molecule has 10 atom stereocenters. The third-order valence-corrected chi connectivity index (χ3v) is 11.7. The molecule has 196 valence electrons. The van der Waals surface area contributed by atoms with Crippen LogP contribution in [0.1, 0.15) is 84.4 Å². The minimum absolute atomic E-state index is 0.185. The van der Waals surface area contributed by atoms with Gasteiger partial charge in [0.05, 0.1) is 12.2 Å². The summed E-state index contributed by atoms with van der Waals surface area (Å²) in [6.45, 7) is 7.34. The highest BCUT2D eigenvalue weighted by atomic mass is 16.4. The summed E-state index contributed by atoms with van der Waals surface area (Å²) in [5.41, 5.74) is 0.630. The third kappa shape index (κ3) is 3.77. The molecular weight excluding hydrogens is 452 g/mol. The molecule has 2 heterocycles. The molecule has 6 nitrogen and oxygen atoms in total. The highest BCUT2D eigenvalue weighted by molar-refractivity contribution is 5.72. The smallest absolute Gasteiger partial charge is 0.348 e. The molecule has 6 heteroatoms. The standard InChI is InChI=1S/C30H42N2O4/c1-17(6-9-25-32-27-20(28(35)36-25)5-4-14-31-27)21-7-8-22-26-23(11-13-30(21,22)3)29(2)12-10-19(33)15-18(29)16-24(26)34/h4-5,14,17-19,21-24,26,33-34H,6-13,15-16H2,1-3H3/t17-,18+,19-,21-,22+,23?,24+,26+,29+,30-/m1/s1. The lowest BCUT2D eigenvalue weighted by atomic mass is 9.43. The van der Waals surface area contributed by atoms with Crippen LogP contribution in [0.25, 0.3) is 11.0 Å². The molecule has 6 rings (SSSR count). The van der Waals surface area contributed by atoms with Crippen molar-refractivity contribution in [3.63, 3.8) is 0 Å². The lowest BCUT2D eigenvalue weighted by molar-refractivity contribution is -0.174. The van der Waals surface area contributed by atoms with Crippen molar-refractivity contribution in [1.82, 2.24) is 9.97 Å². The van der Waals surface area contributed by atoms with E-state index in [-0.39, 0.29) is 28.7 Å². The van der Waals surface area contributed by atoms with E-state index in [1.165, 1.54) is 25.7 Å².